The molecule has 3 nitrogen and oxygen atoms in total. The van der Waals surface area contributed by atoms with Gasteiger partial charge in [0, 0.05) is 6.54 Å². The Kier molecular flexibility index (Phi) is 4.69. The SMILES string of the molecule is CCOc1cc(CNc2cccc(Cl)c2F)ccc1O. The topological polar surface area (TPSA) is 41.5 Å². The predicted molar refractivity (Wildman–Crippen MR) is 78.0 cm³/mol. The predicted octanol–water partition coefficient (Wildman–Crippen LogP) is 4.20. The summed E-state index contributed by atoms with van der Waals surface area (Å²) in [5.74, 6) is 0.0286. The fraction of sp³-hybridized carbons (Fsp3) is 0.200. The van der Waals surface area contributed by atoms with Gasteiger partial charge in [-0.25, -0.2) is 4.39 Å². The number of benzene rings is 2. The zero-order valence-corrected chi connectivity index (χ0v) is 11.7. The first-order valence-corrected chi connectivity index (χ1v) is 6.62. The third-order valence-electron chi connectivity index (χ3n) is 2.76. The summed E-state index contributed by atoms with van der Waals surface area (Å²) in [4.78, 5) is 0. The molecule has 0 saturated carbocycles. The van der Waals surface area contributed by atoms with Crippen molar-refractivity contribution in [3.63, 3.8) is 0 Å². The van der Waals surface area contributed by atoms with E-state index in [9.17, 15) is 9.50 Å². The summed E-state index contributed by atoms with van der Waals surface area (Å²) in [6.45, 7) is 2.71. The number of hydrogen-bond acceptors (Lipinski definition) is 3. The maximum Gasteiger partial charge on any atom is 0.164 e. The molecule has 0 aromatic heterocycles. The van der Waals surface area contributed by atoms with Gasteiger partial charge < -0.3 is 15.2 Å². The zero-order valence-electron chi connectivity index (χ0n) is 11.0. The minimum atomic E-state index is -0.474. The third-order valence-corrected chi connectivity index (χ3v) is 3.05. The van der Waals surface area contributed by atoms with Gasteiger partial charge in [-0.15, -0.1) is 0 Å². The molecule has 0 aliphatic heterocycles. The van der Waals surface area contributed by atoms with Crippen molar-refractivity contribution in [3.05, 3.63) is 52.8 Å². The van der Waals surface area contributed by atoms with Gasteiger partial charge in [0.1, 0.15) is 0 Å². The summed E-state index contributed by atoms with van der Waals surface area (Å²) in [5.41, 5.74) is 1.20. The van der Waals surface area contributed by atoms with Gasteiger partial charge >= 0.3 is 0 Å². The van der Waals surface area contributed by atoms with Gasteiger partial charge in [0.15, 0.2) is 17.3 Å². The van der Waals surface area contributed by atoms with Crippen molar-refractivity contribution in [2.45, 2.75) is 13.5 Å². The number of halogens is 2. The minimum Gasteiger partial charge on any atom is -0.504 e. The molecule has 0 spiro atoms. The van der Waals surface area contributed by atoms with E-state index in [1.807, 2.05) is 6.92 Å². The van der Waals surface area contributed by atoms with E-state index in [2.05, 4.69) is 5.32 Å². The quantitative estimate of drug-likeness (QED) is 0.869. The monoisotopic (exact) mass is 295 g/mol. The van der Waals surface area contributed by atoms with Gasteiger partial charge in [0.05, 0.1) is 17.3 Å². The number of aromatic hydroxyl groups is 1. The van der Waals surface area contributed by atoms with Crippen LogP contribution < -0.4 is 10.1 Å². The highest BCUT2D eigenvalue weighted by Gasteiger charge is 2.07. The Labute approximate surface area is 122 Å². The van der Waals surface area contributed by atoms with E-state index < -0.39 is 5.82 Å². The van der Waals surface area contributed by atoms with Crippen molar-refractivity contribution >= 4 is 17.3 Å². The normalized spacial score (nSPS) is 10.3. The van der Waals surface area contributed by atoms with E-state index in [0.717, 1.165) is 5.56 Å². The number of rotatable bonds is 5. The molecule has 0 bridgehead atoms. The molecule has 0 heterocycles. The summed E-state index contributed by atoms with van der Waals surface area (Å²) in [6.07, 6.45) is 0. The Morgan fingerprint density at radius 1 is 1.30 bits per heavy atom. The van der Waals surface area contributed by atoms with Crippen molar-refractivity contribution in [2.24, 2.45) is 0 Å². The van der Waals surface area contributed by atoms with Crippen LogP contribution in [0.3, 0.4) is 0 Å². The Bertz CT molecular complexity index is 604. The Balaban J connectivity index is 2.11. The van der Waals surface area contributed by atoms with Crippen LogP contribution in [0.2, 0.25) is 5.02 Å². The van der Waals surface area contributed by atoms with Crippen LogP contribution in [-0.4, -0.2) is 11.7 Å². The standard InChI is InChI=1S/C15H15ClFNO2/c1-2-20-14-8-10(6-7-13(14)19)9-18-12-5-3-4-11(16)15(12)17/h3-8,18-19H,2,9H2,1H3. The minimum absolute atomic E-state index is 0.0794. The molecular weight excluding hydrogens is 281 g/mol. The zero-order chi connectivity index (χ0) is 14.5. The average molecular weight is 296 g/mol. The summed E-state index contributed by atoms with van der Waals surface area (Å²) < 4.78 is 19.0. The van der Waals surface area contributed by atoms with E-state index in [1.54, 1.807) is 30.3 Å². The smallest absolute Gasteiger partial charge is 0.164 e. The summed E-state index contributed by atoms with van der Waals surface area (Å²) >= 11 is 5.71. The second kappa shape index (κ2) is 6.48. The highest BCUT2D eigenvalue weighted by molar-refractivity contribution is 6.31. The number of phenols is 1. The Morgan fingerprint density at radius 2 is 2.10 bits per heavy atom. The largest absolute Gasteiger partial charge is 0.504 e. The lowest BCUT2D eigenvalue weighted by Crippen LogP contribution is -2.02. The molecule has 0 atom stereocenters. The lowest BCUT2D eigenvalue weighted by atomic mass is 10.2. The van der Waals surface area contributed by atoms with Crippen LogP contribution in [0.1, 0.15) is 12.5 Å². The van der Waals surface area contributed by atoms with Crippen LogP contribution in [0.25, 0.3) is 0 Å². The van der Waals surface area contributed by atoms with Crippen molar-refractivity contribution < 1.29 is 14.2 Å². The lowest BCUT2D eigenvalue weighted by molar-refractivity contribution is 0.318. The molecule has 2 aromatic rings. The Hall–Kier alpha value is -1.94. The molecule has 106 valence electrons. The van der Waals surface area contributed by atoms with Crippen LogP contribution in [0, 0.1) is 5.82 Å². The van der Waals surface area contributed by atoms with Gasteiger partial charge in [-0.05, 0) is 36.8 Å². The van der Waals surface area contributed by atoms with E-state index in [-0.39, 0.29) is 10.8 Å². The van der Waals surface area contributed by atoms with E-state index in [4.69, 9.17) is 16.3 Å². The van der Waals surface area contributed by atoms with Crippen LogP contribution in [0.5, 0.6) is 11.5 Å². The molecule has 2 N–H and O–H groups in total. The van der Waals surface area contributed by atoms with Crippen molar-refractivity contribution in [1.29, 1.82) is 0 Å². The average Bonchev–Trinajstić information content (AvgIpc) is 2.44. The van der Waals surface area contributed by atoms with Crippen LogP contribution in [0.15, 0.2) is 36.4 Å². The summed E-state index contributed by atoms with van der Waals surface area (Å²) in [5, 5.41) is 12.7. The van der Waals surface area contributed by atoms with E-state index in [1.165, 1.54) is 6.07 Å². The molecule has 2 aromatic carbocycles. The number of phenolic OH excluding ortho intramolecular Hbond substituents is 1. The molecule has 0 aliphatic rings. The van der Waals surface area contributed by atoms with Crippen LogP contribution in [0.4, 0.5) is 10.1 Å². The fourth-order valence-electron chi connectivity index (χ4n) is 1.78. The first-order chi connectivity index (χ1) is 9.61. The van der Waals surface area contributed by atoms with Crippen molar-refractivity contribution in [2.75, 3.05) is 11.9 Å². The van der Waals surface area contributed by atoms with Crippen LogP contribution >= 0.6 is 11.6 Å². The van der Waals surface area contributed by atoms with Gasteiger partial charge in [0.25, 0.3) is 0 Å². The molecule has 0 amide bonds. The van der Waals surface area contributed by atoms with Crippen molar-refractivity contribution in [1.82, 2.24) is 0 Å². The van der Waals surface area contributed by atoms with Gasteiger partial charge in [-0.2, -0.15) is 0 Å². The van der Waals surface area contributed by atoms with Gasteiger partial charge in [-0.3, -0.25) is 0 Å². The highest BCUT2D eigenvalue weighted by atomic mass is 35.5. The molecule has 0 fully saturated rings. The molecular formula is C15H15ClFNO2. The fourth-order valence-corrected chi connectivity index (χ4v) is 1.95. The number of hydrogen-bond donors (Lipinski definition) is 2. The molecule has 5 heteroatoms. The first kappa shape index (κ1) is 14.5. The first-order valence-electron chi connectivity index (χ1n) is 6.24. The second-order valence-electron chi connectivity index (χ2n) is 4.19. The highest BCUT2D eigenvalue weighted by Crippen LogP contribution is 2.28. The molecule has 0 aliphatic carbocycles. The molecule has 0 saturated heterocycles. The molecule has 0 radical (unpaired) electrons. The number of anilines is 1. The molecule has 20 heavy (non-hydrogen) atoms. The molecule has 0 unspecified atom stereocenters. The third kappa shape index (κ3) is 3.33. The lowest BCUT2D eigenvalue weighted by Gasteiger charge is -2.11. The number of ether oxygens (including phenoxy) is 1. The Morgan fingerprint density at radius 3 is 2.85 bits per heavy atom. The maximum absolute atomic E-state index is 13.7. The van der Waals surface area contributed by atoms with Gasteiger partial charge in [-0.1, -0.05) is 23.7 Å². The van der Waals surface area contributed by atoms with Gasteiger partial charge in [0.2, 0.25) is 0 Å². The molecule has 2 rings (SSSR count). The second-order valence-corrected chi connectivity index (χ2v) is 4.60. The number of nitrogens with one attached hydrogen (secondary N) is 1. The van der Waals surface area contributed by atoms with E-state index >= 15 is 0 Å². The van der Waals surface area contributed by atoms with E-state index in [0.29, 0.717) is 24.6 Å². The maximum atomic E-state index is 13.7. The summed E-state index contributed by atoms with van der Waals surface area (Å²) in [7, 11) is 0. The van der Waals surface area contributed by atoms with Crippen LogP contribution in [-0.2, 0) is 6.54 Å². The summed E-state index contributed by atoms with van der Waals surface area (Å²) in [6, 6.07) is 9.80. The van der Waals surface area contributed by atoms with Crippen molar-refractivity contribution in [3.8, 4) is 11.5 Å².